The van der Waals surface area contributed by atoms with Gasteiger partial charge in [0.1, 0.15) is 0 Å². The van der Waals surface area contributed by atoms with Crippen LogP contribution >= 0.6 is 12.8 Å². The van der Waals surface area contributed by atoms with Gasteiger partial charge in [-0.05, 0) is 49.9 Å². The second-order valence-corrected chi connectivity index (χ2v) is 8.38. The number of hydrogen-bond acceptors (Lipinski definition) is 2. The van der Waals surface area contributed by atoms with Gasteiger partial charge in [0.25, 0.3) is 0 Å². The van der Waals surface area contributed by atoms with Crippen molar-refractivity contribution < 1.29 is 4.79 Å². The molecule has 1 unspecified atom stereocenters. The molecule has 1 N–H and O–H groups in total. The summed E-state index contributed by atoms with van der Waals surface area (Å²) in [6, 6.07) is 0. The van der Waals surface area contributed by atoms with Gasteiger partial charge in [0, 0.05) is 0 Å². The Morgan fingerprint density at radius 3 is 2.14 bits per heavy atom. The van der Waals surface area contributed by atoms with Crippen molar-refractivity contribution >= 4 is 18.7 Å². The van der Waals surface area contributed by atoms with Gasteiger partial charge in [-0.15, -0.1) is 0 Å². The Balaban J connectivity index is 2.18. The standard InChI is InChI=1S/C18H33NOS/c1-17(2)11-6-7-13-18(14-8-12-17,16(20)19-21)15-9-4-3-5-10-15/h15,21H,3-14H2,1-2H3,(H,19,20). The molecule has 0 heterocycles. The van der Waals surface area contributed by atoms with E-state index < -0.39 is 0 Å². The first-order chi connectivity index (χ1) is 10.0. The highest BCUT2D eigenvalue weighted by Gasteiger charge is 2.45. The Morgan fingerprint density at radius 2 is 1.48 bits per heavy atom. The van der Waals surface area contributed by atoms with Gasteiger partial charge in [0.15, 0.2) is 0 Å². The Hall–Kier alpha value is -0.180. The molecule has 0 aromatic carbocycles. The maximum atomic E-state index is 12.7. The Morgan fingerprint density at radius 1 is 0.905 bits per heavy atom. The van der Waals surface area contributed by atoms with Crippen molar-refractivity contribution in [2.45, 2.75) is 90.9 Å². The molecule has 2 saturated carbocycles. The van der Waals surface area contributed by atoms with E-state index in [-0.39, 0.29) is 11.3 Å². The highest BCUT2D eigenvalue weighted by molar-refractivity contribution is 7.78. The van der Waals surface area contributed by atoms with E-state index in [9.17, 15) is 4.79 Å². The fourth-order valence-corrected chi connectivity index (χ4v) is 4.99. The van der Waals surface area contributed by atoms with Crippen LogP contribution in [0.3, 0.4) is 0 Å². The van der Waals surface area contributed by atoms with Crippen LogP contribution in [-0.4, -0.2) is 5.91 Å². The molecule has 0 saturated heterocycles. The summed E-state index contributed by atoms with van der Waals surface area (Å²) in [7, 11) is 0. The smallest absolute Gasteiger partial charge is 0.236 e. The largest absolute Gasteiger partial charge is 0.302 e. The summed E-state index contributed by atoms with van der Waals surface area (Å²) in [6.07, 6.45) is 14.8. The second kappa shape index (κ2) is 7.39. The SMILES string of the molecule is CC1(C)CCCCC(C(=O)NS)(C2CCCCC2)CCC1. The molecular formula is C18H33NOS. The summed E-state index contributed by atoms with van der Waals surface area (Å²) < 4.78 is 2.72. The van der Waals surface area contributed by atoms with Gasteiger partial charge in [0.2, 0.25) is 5.91 Å². The monoisotopic (exact) mass is 311 g/mol. The van der Waals surface area contributed by atoms with E-state index in [0.717, 1.165) is 12.8 Å². The second-order valence-electron chi connectivity index (χ2n) is 8.16. The van der Waals surface area contributed by atoms with E-state index in [2.05, 4.69) is 31.4 Å². The first kappa shape index (κ1) is 17.2. The molecule has 0 radical (unpaired) electrons. The fraction of sp³-hybridized carbons (Fsp3) is 0.944. The molecule has 122 valence electrons. The molecule has 21 heavy (non-hydrogen) atoms. The van der Waals surface area contributed by atoms with E-state index in [1.165, 1.54) is 64.2 Å². The zero-order valence-electron chi connectivity index (χ0n) is 13.9. The van der Waals surface area contributed by atoms with E-state index in [1.54, 1.807) is 0 Å². The van der Waals surface area contributed by atoms with Crippen molar-refractivity contribution in [1.82, 2.24) is 4.72 Å². The van der Waals surface area contributed by atoms with Gasteiger partial charge in [0.05, 0.1) is 5.41 Å². The molecule has 1 amide bonds. The summed E-state index contributed by atoms with van der Waals surface area (Å²) in [4.78, 5) is 12.7. The third-order valence-corrected chi connectivity index (χ3v) is 6.35. The average molecular weight is 312 g/mol. The van der Waals surface area contributed by atoms with Gasteiger partial charge in [-0.2, -0.15) is 0 Å². The van der Waals surface area contributed by atoms with Crippen molar-refractivity contribution in [1.29, 1.82) is 0 Å². The maximum Gasteiger partial charge on any atom is 0.236 e. The molecule has 0 aliphatic heterocycles. The Labute approximate surface area is 136 Å². The van der Waals surface area contributed by atoms with E-state index in [4.69, 9.17) is 0 Å². The third kappa shape index (κ3) is 4.18. The predicted molar refractivity (Wildman–Crippen MR) is 92.2 cm³/mol. The fourth-order valence-electron chi connectivity index (χ4n) is 4.76. The van der Waals surface area contributed by atoms with Gasteiger partial charge in [-0.25, -0.2) is 0 Å². The van der Waals surface area contributed by atoms with Crippen LogP contribution < -0.4 is 4.72 Å². The van der Waals surface area contributed by atoms with Crippen molar-refractivity contribution in [3.63, 3.8) is 0 Å². The minimum Gasteiger partial charge on any atom is -0.302 e. The Kier molecular flexibility index (Phi) is 6.05. The van der Waals surface area contributed by atoms with Crippen molar-refractivity contribution in [2.24, 2.45) is 16.7 Å². The van der Waals surface area contributed by atoms with Crippen LogP contribution in [0.5, 0.6) is 0 Å². The number of thiol groups is 1. The maximum absolute atomic E-state index is 12.7. The van der Waals surface area contributed by atoms with Crippen molar-refractivity contribution in [3.05, 3.63) is 0 Å². The summed E-state index contributed by atoms with van der Waals surface area (Å²) >= 11 is 4.12. The lowest BCUT2D eigenvalue weighted by molar-refractivity contribution is -0.134. The third-order valence-electron chi connectivity index (χ3n) is 6.14. The van der Waals surface area contributed by atoms with Crippen LogP contribution in [-0.2, 0) is 4.79 Å². The van der Waals surface area contributed by atoms with Crippen LogP contribution in [0.25, 0.3) is 0 Å². The van der Waals surface area contributed by atoms with Crippen LogP contribution in [0.2, 0.25) is 0 Å². The van der Waals surface area contributed by atoms with E-state index in [1.807, 2.05) is 0 Å². The van der Waals surface area contributed by atoms with E-state index >= 15 is 0 Å². The van der Waals surface area contributed by atoms with E-state index in [0.29, 0.717) is 11.3 Å². The minimum absolute atomic E-state index is 0.136. The molecule has 0 aromatic heterocycles. The summed E-state index contributed by atoms with van der Waals surface area (Å²) in [6.45, 7) is 4.78. The topological polar surface area (TPSA) is 29.1 Å². The van der Waals surface area contributed by atoms with Crippen LogP contribution in [0.15, 0.2) is 0 Å². The first-order valence-electron chi connectivity index (χ1n) is 8.95. The molecule has 2 fully saturated rings. The molecule has 2 nitrogen and oxygen atoms in total. The van der Waals surface area contributed by atoms with Crippen LogP contribution in [0, 0.1) is 16.7 Å². The molecule has 3 heteroatoms. The molecule has 0 aromatic rings. The molecule has 0 bridgehead atoms. The lowest BCUT2D eigenvalue weighted by atomic mass is 9.63. The van der Waals surface area contributed by atoms with Gasteiger partial charge in [-0.3, -0.25) is 4.79 Å². The molecular weight excluding hydrogens is 278 g/mol. The van der Waals surface area contributed by atoms with Gasteiger partial charge >= 0.3 is 0 Å². The summed E-state index contributed by atoms with van der Waals surface area (Å²) in [5.74, 6) is 0.789. The van der Waals surface area contributed by atoms with Crippen molar-refractivity contribution in [2.75, 3.05) is 0 Å². The lowest BCUT2D eigenvalue weighted by Gasteiger charge is -2.41. The highest BCUT2D eigenvalue weighted by Crippen LogP contribution is 2.48. The predicted octanol–water partition coefficient (Wildman–Crippen LogP) is 5.28. The number of carbonyl (C=O) groups is 1. The average Bonchev–Trinajstić information content (AvgIpc) is 2.56. The number of rotatable bonds is 2. The highest BCUT2D eigenvalue weighted by atomic mass is 32.1. The molecule has 2 rings (SSSR count). The quantitative estimate of drug-likeness (QED) is 0.667. The number of amides is 1. The van der Waals surface area contributed by atoms with Gasteiger partial charge in [-0.1, -0.05) is 65.2 Å². The van der Waals surface area contributed by atoms with Gasteiger partial charge < -0.3 is 4.72 Å². The molecule has 0 spiro atoms. The number of carbonyl (C=O) groups excluding carboxylic acids is 1. The normalized spacial score (nSPS) is 31.8. The molecule has 2 aliphatic carbocycles. The minimum atomic E-state index is -0.136. The molecule has 1 atom stereocenters. The zero-order chi connectivity index (χ0) is 15.3. The Bertz CT molecular complexity index is 349. The van der Waals surface area contributed by atoms with Crippen molar-refractivity contribution in [3.8, 4) is 0 Å². The summed E-state index contributed by atoms with van der Waals surface area (Å²) in [5, 5.41) is 0. The lowest BCUT2D eigenvalue weighted by Crippen LogP contribution is -2.44. The number of nitrogens with one attached hydrogen (secondary N) is 1. The molecule has 2 aliphatic rings. The summed E-state index contributed by atoms with van der Waals surface area (Å²) in [5.41, 5.74) is 0.308. The number of hydrogen-bond donors (Lipinski definition) is 2. The van der Waals surface area contributed by atoms with Crippen LogP contribution in [0.4, 0.5) is 0 Å². The first-order valence-corrected chi connectivity index (χ1v) is 9.39. The zero-order valence-corrected chi connectivity index (χ0v) is 14.8. The van der Waals surface area contributed by atoms with Crippen LogP contribution in [0.1, 0.15) is 90.9 Å².